The maximum Gasteiger partial charge on any atom is 0.241 e. The van der Waals surface area contributed by atoms with E-state index in [1.54, 1.807) is 0 Å². The van der Waals surface area contributed by atoms with Gasteiger partial charge in [0.05, 0.1) is 12.6 Å². The van der Waals surface area contributed by atoms with Crippen LogP contribution in [0.5, 0.6) is 5.75 Å². The second kappa shape index (κ2) is 6.27. The van der Waals surface area contributed by atoms with Crippen molar-refractivity contribution in [1.29, 1.82) is 0 Å². The third-order valence-electron chi connectivity index (χ3n) is 3.44. The van der Waals surface area contributed by atoms with Crippen LogP contribution >= 0.6 is 0 Å². The maximum absolute atomic E-state index is 12.2. The van der Waals surface area contributed by atoms with Crippen molar-refractivity contribution in [1.82, 2.24) is 10.2 Å². The van der Waals surface area contributed by atoms with Gasteiger partial charge < -0.3 is 9.64 Å². The lowest BCUT2D eigenvalue weighted by molar-refractivity contribution is -0.130. The number of carbonyl (C=O) groups is 1. The molecular formula is C16H24N2O2. The monoisotopic (exact) mass is 276 g/mol. The molecule has 1 aromatic carbocycles. The molecule has 1 saturated heterocycles. The summed E-state index contributed by atoms with van der Waals surface area (Å²) in [7, 11) is 0. The van der Waals surface area contributed by atoms with Crippen molar-refractivity contribution in [2.75, 3.05) is 13.2 Å². The molecule has 0 radical (unpaired) electrons. The van der Waals surface area contributed by atoms with Crippen LogP contribution in [-0.4, -0.2) is 30.0 Å². The molecule has 4 heteroatoms. The summed E-state index contributed by atoms with van der Waals surface area (Å²) in [5.41, 5.74) is 1.10. The second-order valence-corrected chi connectivity index (χ2v) is 5.68. The Labute approximate surface area is 121 Å². The fraction of sp³-hybridized carbons (Fsp3) is 0.562. The Morgan fingerprint density at radius 1 is 1.30 bits per heavy atom. The standard InChI is InChI=1S/C16H24N2O2/c1-5-20-14-8-6-13(7-9-14)15-17-12(4)16(19)18(15)10-11(2)3/h6-9,11-12,15,17H,5,10H2,1-4H3. The van der Waals surface area contributed by atoms with Crippen LogP contribution in [0.4, 0.5) is 0 Å². The highest BCUT2D eigenvalue weighted by molar-refractivity contribution is 5.84. The Balaban J connectivity index is 2.18. The zero-order chi connectivity index (χ0) is 14.7. The smallest absolute Gasteiger partial charge is 0.241 e. The average molecular weight is 276 g/mol. The molecule has 1 heterocycles. The first kappa shape index (κ1) is 14.9. The van der Waals surface area contributed by atoms with Gasteiger partial charge in [0, 0.05) is 6.54 Å². The molecule has 2 unspecified atom stereocenters. The topological polar surface area (TPSA) is 41.6 Å². The third-order valence-corrected chi connectivity index (χ3v) is 3.44. The Bertz CT molecular complexity index is 456. The fourth-order valence-electron chi connectivity index (χ4n) is 2.55. The predicted molar refractivity (Wildman–Crippen MR) is 79.5 cm³/mol. The van der Waals surface area contributed by atoms with E-state index in [-0.39, 0.29) is 18.1 Å². The van der Waals surface area contributed by atoms with E-state index in [4.69, 9.17) is 4.74 Å². The first-order chi connectivity index (χ1) is 9.52. The maximum atomic E-state index is 12.2. The van der Waals surface area contributed by atoms with Gasteiger partial charge in [-0.1, -0.05) is 26.0 Å². The van der Waals surface area contributed by atoms with Crippen molar-refractivity contribution in [2.24, 2.45) is 5.92 Å². The normalized spacial score (nSPS) is 22.6. The van der Waals surface area contributed by atoms with E-state index < -0.39 is 0 Å². The Hall–Kier alpha value is -1.55. The molecule has 0 bridgehead atoms. The quantitative estimate of drug-likeness (QED) is 0.898. The number of benzene rings is 1. The molecular weight excluding hydrogens is 252 g/mol. The average Bonchev–Trinajstić information content (AvgIpc) is 2.68. The lowest BCUT2D eigenvalue weighted by atomic mass is 10.1. The summed E-state index contributed by atoms with van der Waals surface area (Å²) in [6.45, 7) is 9.59. The van der Waals surface area contributed by atoms with Crippen LogP contribution in [-0.2, 0) is 4.79 Å². The van der Waals surface area contributed by atoms with E-state index in [0.717, 1.165) is 17.9 Å². The minimum atomic E-state index is -0.120. The van der Waals surface area contributed by atoms with Crippen LogP contribution in [0, 0.1) is 5.92 Å². The zero-order valence-electron chi connectivity index (χ0n) is 12.7. The second-order valence-electron chi connectivity index (χ2n) is 5.68. The van der Waals surface area contributed by atoms with Gasteiger partial charge in [0.2, 0.25) is 5.91 Å². The van der Waals surface area contributed by atoms with Gasteiger partial charge in [0.1, 0.15) is 11.9 Å². The first-order valence-corrected chi connectivity index (χ1v) is 7.32. The summed E-state index contributed by atoms with van der Waals surface area (Å²) in [6.07, 6.45) is -0.0319. The molecule has 1 amide bonds. The molecule has 0 aromatic heterocycles. The largest absolute Gasteiger partial charge is 0.494 e. The highest BCUT2D eigenvalue weighted by Crippen LogP contribution is 2.27. The van der Waals surface area contributed by atoms with E-state index in [1.807, 2.05) is 43.0 Å². The summed E-state index contributed by atoms with van der Waals surface area (Å²) in [4.78, 5) is 14.2. The molecule has 2 rings (SSSR count). The number of amides is 1. The lowest BCUT2D eigenvalue weighted by Crippen LogP contribution is -2.33. The van der Waals surface area contributed by atoms with Crippen molar-refractivity contribution in [3.63, 3.8) is 0 Å². The van der Waals surface area contributed by atoms with Gasteiger partial charge in [-0.2, -0.15) is 0 Å². The Morgan fingerprint density at radius 3 is 2.50 bits per heavy atom. The summed E-state index contributed by atoms with van der Waals surface area (Å²) in [5.74, 6) is 1.50. The van der Waals surface area contributed by atoms with Crippen molar-refractivity contribution in [3.05, 3.63) is 29.8 Å². The third kappa shape index (κ3) is 3.12. The molecule has 0 saturated carbocycles. The van der Waals surface area contributed by atoms with Crippen molar-refractivity contribution >= 4 is 5.91 Å². The number of ether oxygens (including phenoxy) is 1. The van der Waals surface area contributed by atoms with Crippen LogP contribution in [0.1, 0.15) is 39.4 Å². The molecule has 20 heavy (non-hydrogen) atoms. The lowest BCUT2D eigenvalue weighted by Gasteiger charge is -2.26. The summed E-state index contributed by atoms with van der Waals surface area (Å²) in [5, 5.41) is 3.36. The van der Waals surface area contributed by atoms with E-state index in [0.29, 0.717) is 12.5 Å². The van der Waals surface area contributed by atoms with Crippen molar-refractivity contribution < 1.29 is 9.53 Å². The molecule has 2 atom stereocenters. The summed E-state index contributed by atoms with van der Waals surface area (Å²) < 4.78 is 5.46. The van der Waals surface area contributed by atoms with Gasteiger partial charge in [-0.15, -0.1) is 0 Å². The number of hydrogen-bond acceptors (Lipinski definition) is 3. The van der Waals surface area contributed by atoms with E-state index >= 15 is 0 Å². The highest BCUT2D eigenvalue weighted by Gasteiger charge is 2.37. The SMILES string of the molecule is CCOc1ccc(C2NC(C)C(=O)N2CC(C)C)cc1. The number of carbonyl (C=O) groups excluding carboxylic acids is 1. The van der Waals surface area contributed by atoms with Gasteiger partial charge >= 0.3 is 0 Å². The van der Waals surface area contributed by atoms with Crippen LogP contribution in [0.15, 0.2) is 24.3 Å². The van der Waals surface area contributed by atoms with Crippen molar-refractivity contribution in [2.45, 2.75) is 39.9 Å². The molecule has 4 nitrogen and oxygen atoms in total. The van der Waals surface area contributed by atoms with E-state index in [9.17, 15) is 4.79 Å². The van der Waals surface area contributed by atoms with Crippen molar-refractivity contribution in [3.8, 4) is 5.75 Å². The molecule has 1 aliphatic heterocycles. The molecule has 0 aliphatic carbocycles. The minimum Gasteiger partial charge on any atom is -0.494 e. The van der Waals surface area contributed by atoms with E-state index in [1.165, 1.54) is 0 Å². The molecule has 1 aromatic rings. The van der Waals surface area contributed by atoms with Crippen LogP contribution in [0.3, 0.4) is 0 Å². The number of nitrogens with zero attached hydrogens (tertiary/aromatic N) is 1. The van der Waals surface area contributed by atoms with Gasteiger partial charge in [-0.3, -0.25) is 10.1 Å². The predicted octanol–water partition coefficient (Wildman–Crippen LogP) is 2.56. The molecule has 110 valence electrons. The van der Waals surface area contributed by atoms with Gasteiger partial charge in [-0.25, -0.2) is 0 Å². The summed E-state index contributed by atoms with van der Waals surface area (Å²) in [6, 6.07) is 7.86. The summed E-state index contributed by atoms with van der Waals surface area (Å²) >= 11 is 0. The van der Waals surface area contributed by atoms with Gasteiger partial charge in [0.15, 0.2) is 0 Å². The zero-order valence-corrected chi connectivity index (χ0v) is 12.7. The molecule has 0 spiro atoms. The molecule has 1 fully saturated rings. The fourth-order valence-corrected chi connectivity index (χ4v) is 2.55. The highest BCUT2D eigenvalue weighted by atomic mass is 16.5. The van der Waals surface area contributed by atoms with Gasteiger partial charge in [0.25, 0.3) is 0 Å². The number of hydrogen-bond donors (Lipinski definition) is 1. The first-order valence-electron chi connectivity index (χ1n) is 7.32. The molecule has 1 aliphatic rings. The van der Waals surface area contributed by atoms with E-state index in [2.05, 4.69) is 19.2 Å². The number of rotatable bonds is 5. The minimum absolute atomic E-state index is 0.0319. The molecule has 1 N–H and O–H groups in total. The van der Waals surface area contributed by atoms with Crippen LogP contribution in [0.2, 0.25) is 0 Å². The van der Waals surface area contributed by atoms with Gasteiger partial charge in [-0.05, 0) is 37.5 Å². The van der Waals surface area contributed by atoms with Crippen LogP contribution in [0.25, 0.3) is 0 Å². The Kier molecular flexibility index (Phi) is 4.65. The number of nitrogens with one attached hydrogen (secondary N) is 1. The Morgan fingerprint density at radius 2 is 1.95 bits per heavy atom. The van der Waals surface area contributed by atoms with Crippen LogP contribution < -0.4 is 10.1 Å².